The van der Waals surface area contributed by atoms with E-state index in [1.165, 1.54) is 0 Å². The first-order chi connectivity index (χ1) is 9.11. The molecule has 1 saturated heterocycles. The third-order valence-corrected chi connectivity index (χ3v) is 3.22. The fraction of sp³-hybridized carbons (Fsp3) is 0.643. The van der Waals surface area contributed by atoms with Crippen molar-refractivity contribution < 1.29 is 9.47 Å². The summed E-state index contributed by atoms with van der Waals surface area (Å²) in [6.45, 7) is 8.45. The molecule has 0 radical (unpaired) electrons. The molecule has 0 aliphatic carbocycles. The topological polar surface area (TPSA) is 60.6 Å². The molecule has 0 spiro atoms. The first-order valence-electron chi connectivity index (χ1n) is 6.89. The lowest BCUT2D eigenvalue weighted by Crippen LogP contribution is -2.45. The molecule has 2 rings (SSSR count). The van der Waals surface area contributed by atoms with Crippen LogP contribution in [0.15, 0.2) is 12.1 Å². The standard InChI is InChI=1S/C14H23N3O2/c1-4-11-9-18-8-7-17(11)13-6-5-12(15)14(16-13)19-10(2)3/h5-6,10-11H,4,7-9,15H2,1-3H3. The number of ether oxygens (including phenoxy) is 2. The Morgan fingerprint density at radius 1 is 1.53 bits per heavy atom. The van der Waals surface area contributed by atoms with Gasteiger partial charge in [-0.05, 0) is 32.4 Å². The smallest absolute Gasteiger partial charge is 0.239 e. The molecule has 19 heavy (non-hydrogen) atoms. The highest BCUT2D eigenvalue weighted by atomic mass is 16.5. The Morgan fingerprint density at radius 3 is 3.00 bits per heavy atom. The van der Waals surface area contributed by atoms with Crippen LogP contribution in [0, 0.1) is 0 Å². The summed E-state index contributed by atoms with van der Waals surface area (Å²) in [5, 5.41) is 0. The van der Waals surface area contributed by atoms with E-state index in [1.54, 1.807) is 0 Å². The van der Waals surface area contributed by atoms with Gasteiger partial charge < -0.3 is 20.1 Å². The molecule has 1 aromatic heterocycles. The second-order valence-electron chi connectivity index (χ2n) is 5.06. The molecule has 2 heterocycles. The molecule has 1 unspecified atom stereocenters. The second kappa shape index (κ2) is 6.10. The number of aromatic nitrogens is 1. The van der Waals surface area contributed by atoms with E-state index in [2.05, 4.69) is 16.8 Å². The van der Waals surface area contributed by atoms with Gasteiger partial charge in [0, 0.05) is 6.54 Å². The summed E-state index contributed by atoms with van der Waals surface area (Å²) in [5.74, 6) is 1.44. The quantitative estimate of drug-likeness (QED) is 0.903. The maximum absolute atomic E-state index is 5.90. The van der Waals surface area contributed by atoms with Crippen molar-refractivity contribution in [2.45, 2.75) is 39.3 Å². The molecule has 1 aromatic rings. The average Bonchev–Trinajstić information content (AvgIpc) is 2.41. The van der Waals surface area contributed by atoms with Gasteiger partial charge in [0.1, 0.15) is 5.82 Å². The molecule has 1 atom stereocenters. The molecule has 0 amide bonds. The minimum Gasteiger partial charge on any atom is -0.473 e. The molecular weight excluding hydrogens is 242 g/mol. The number of anilines is 2. The molecule has 5 nitrogen and oxygen atoms in total. The SMILES string of the molecule is CCC1COCCN1c1ccc(N)c(OC(C)C)n1. The lowest BCUT2D eigenvalue weighted by molar-refractivity contribution is 0.0924. The van der Waals surface area contributed by atoms with Crippen molar-refractivity contribution in [2.24, 2.45) is 0 Å². The minimum absolute atomic E-state index is 0.0664. The molecule has 0 saturated carbocycles. The van der Waals surface area contributed by atoms with Gasteiger partial charge in [-0.1, -0.05) is 6.92 Å². The summed E-state index contributed by atoms with van der Waals surface area (Å²) >= 11 is 0. The van der Waals surface area contributed by atoms with E-state index in [9.17, 15) is 0 Å². The Bertz CT molecular complexity index is 423. The van der Waals surface area contributed by atoms with Gasteiger partial charge in [-0.3, -0.25) is 0 Å². The maximum atomic E-state index is 5.90. The number of morpholine rings is 1. The van der Waals surface area contributed by atoms with E-state index in [1.807, 2.05) is 26.0 Å². The van der Waals surface area contributed by atoms with Crippen molar-refractivity contribution in [3.05, 3.63) is 12.1 Å². The van der Waals surface area contributed by atoms with Gasteiger partial charge in [0.25, 0.3) is 0 Å². The Morgan fingerprint density at radius 2 is 2.32 bits per heavy atom. The highest BCUT2D eigenvalue weighted by molar-refractivity contribution is 5.55. The van der Waals surface area contributed by atoms with E-state index in [0.717, 1.165) is 32.0 Å². The van der Waals surface area contributed by atoms with Crippen LogP contribution >= 0.6 is 0 Å². The monoisotopic (exact) mass is 265 g/mol. The summed E-state index contributed by atoms with van der Waals surface area (Å²) in [4.78, 5) is 6.83. The van der Waals surface area contributed by atoms with Crippen molar-refractivity contribution in [2.75, 3.05) is 30.4 Å². The molecule has 2 N–H and O–H groups in total. The number of hydrogen-bond acceptors (Lipinski definition) is 5. The third-order valence-electron chi connectivity index (χ3n) is 3.22. The van der Waals surface area contributed by atoms with Crippen molar-refractivity contribution in [3.63, 3.8) is 0 Å². The van der Waals surface area contributed by atoms with Gasteiger partial charge in [0.15, 0.2) is 0 Å². The van der Waals surface area contributed by atoms with Crippen LogP contribution in [0.3, 0.4) is 0 Å². The van der Waals surface area contributed by atoms with Crippen molar-refractivity contribution in [3.8, 4) is 5.88 Å². The van der Waals surface area contributed by atoms with Crippen molar-refractivity contribution >= 4 is 11.5 Å². The minimum atomic E-state index is 0.0664. The molecule has 1 aliphatic rings. The van der Waals surface area contributed by atoms with Gasteiger partial charge in [-0.15, -0.1) is 0 Å². The zero-order chi connectivity index (χ0) is 13.8. The van der Waals surface area contributed by atoms with Gasteiger partial charge >= 0.3 is 0 Å². The number of nitrogen functional groups attached to an aromatic ring is 1. The number of pyridine rings is 1. The lowest BCUT2D eigenvalue weighted by Gasteiger charge is -2.36. The molecule has 5 heteroatoms. The predicted octanol–water partition coefficient (Wildman–Crippen LogP) is 2.07. The van der Waals surface area contributed by atoms with Crippen LogP contribution in [0.2, 0.25) is 0 Å². The van der Waals surface area contributed by atoms with Gasteiger partial charge in [0.05, 0.1) is 31.0 Å². The highest BCUT2D eigenvalue weighted by Gasteiger charge is 2.23. The summed E-state index contributed by atoms with van der Waals surface area (Å²) < 4.78 is 11.2. The summed E-state index contributed by atoms with van der Waals surface area (Å²) in [5.41, 5.74) is 6.49. The molecule has 0 aromatic carbocycles. The Kier molecular flexibility index (Phi) is 4.47. The average molecular weight is 265 g/mol. The molecule has 1 fully saturated rings. The van der Waals surface area contributed by atoms with E-state index >= 15 is 0 Å². The number of nitrogens with zero attached hydrogens (tertiary/aromatic N) is 2. The molecule has 0 bridgehead atoms. The van der Waals surface area contributed by atoms with Crippen LogP contribution in [0.1, 0.15) is 27.2 Å². The normalized spacial score (nSPS) is 19.8. The lowest BCUT2D eigenvalue weighted by atomic mass is 10.1. The summed E-state index contributed by atoms with van der Waals surface area (Å²) in [6.07, 6.45) is 1.10. The van der Waals surface area contributed by atoms with Crippen LogP contribution in [0.5, 0.6) is 5.88 Å². The number of nitrogens with two attached hydrogens (primary N) is 1. The van der Waals surface area contributed by atoms with Crippen LogP contribution < -0.4 is 15.4 Å². The van der Waals surface area contributed by atoms with Crippen molar-refractivity contribution in [1.82, 2.24) is 4.98 Å². The zero-order valence-corrected chi connectivity index (χ0v) is 11.9. The molecular formula is C14H23N3O2. The highest BCUT2D eigenvalue weighted by Crippen LogP contribution is 2.26. The van der Waals surface area contributed by atoms with E-state index in [0.29, 0.717) is 17.6 Å². The Labute approximate surface area is 114 Å². The van der Waals surface area contributed by atoms with Gasteiger partial charge in [-0.25, -0.2) is 0 Å². The van der Waals surface area contributed by atoms with Crippen LogP contribution in [0.4, 0.5) is 11.5 Å². The van der Waals surface area contributed by atoms with E-state index < -0.39 is 0 Å². The van der Waals surface area contributed by atoms with Crippen LogP contribution in [0.25, 0.3) is 0 Å². The first kappa shape index (κ1) is 13.9. The van der Waals surface area contributed by atoms with Crippen LogP contribution in [-0.2, 0) is 4.74 Å². The Balaban J connectivity index is 2.23. The van der Waals surface area contributed by atoms with E-state index in [-0.39, 0.29) is 6.10 Å². The summed E-state index contributed by atoms with van der Waals surface area (Å²) in [7, 11) is 0. The number of rotatable bonds is 4. The zero-order valence-electron chi connectivity index (χ0n) is 11.9. The van der Waals surface area contributed by atoms with E-state index in [4.69, 9.17) is 15.2 Å². The molecule has 106 valence electrons. The fourth-order valence-electron chi connectivity index (χ4n) is 2.21. The first-order valence-corrected chi connectivity index (χ1v) is 6.89. The largest absolute Gasteiger partial charge is 0.473 e. The van der Waals surface area contributed by atoms with Gasteiger partial charge in [0.2, 0.25) is 5.88 Å². The fourth-order valence-corrected chi connectivity index (χ4v) is 2.21. The predicted molar refractivity (Wildman–Crippen MR) is 76.7 cm³/mol. The molecule has 1 aliphatic heterocycles. The second-order valence-corrected chi connectivity index (χ2v) is 5.06. The van der Waals surface area contributed by atoms with Crippen LogP contribution in [-0.4, -0.2) is 36.9 Å². The Hall–Kier alpha value is -1.49. The maximum Gasteiger partial charge on any atom is 0.239 e. The summed E-state index contributed by atoms with van der Waals surface area (Å²) in [6, 6.07) is 4.19. The van der Waals surface area contributed by atoms with Gasteiger partial charge in [-0.2, -0.15) is 4.98 Å². The van der Waals surface area contributed by atoms with Crippen molar-refractivity contribution in [1.29, 1.82) is 0 Å². The third kappa shape index (κ3) is 3.29. The number of hydrogen-bond donors (Lipinski definition) is 1.